The van der Waals surface area contributed by atoms with Gasteiger partial charge in [-0.3, -0.25) is 9.05 Å². The van der Waals surface area contributed by atoms with Crippen LogP contribution in [0.15, 0.2) is 11.3 Å². The first kappa shape index (κ1) is 26.4. The second kappa shape index (κ2) is 14.3. The lowest BCUT2D eigenvalue weighted by Gasteiger charge is -2.17. The first-order valence-electron chi connectivity index (χ1n) is 12.1. The molecule has 31 heavy (non-hydrogen) atoms. The van der Waals surface area contributed by atoms with E-state index in [1.807, 2.05) is 0 Å². The van der Waals surface area contributed by atoms with Crippen LogP contribution in [0.2, 0.25) is 0 Å². The number of cyclic esters (lactones) is 1. The maximum absolute atomic E-state index is 12.7. The molecule has 0 amide bonds. The Labute approximate surface area is 187 Å². The van der Waals surface area contributed by atoms with Crippen LogP contribution in [0.3, 0.4) is 0 Å². The van der Waals surface area contributed by atoms with Gasteiger partial charge in [-0.1, -0.05) is 71.1 Å². The summed E-state index contributed by atoms with van der Waals surface area (Å²) in [5.74, 6) is -0.379. The van der Waals surface area contributed by atoms with Crippen molar-refractivity contribution in [2.75, 3.05) is 19.8 Å². The van der Waals surface area contributed by atoms with E-state index in [0.29, 0.717) is 12.2 Å². The molecule has 180 valence electrons. The van der Waals surface area contributed by atoms with Gasteiger partial charge >= 0.3 is 13.8 Å². The van der Waals surface area contributed by atoms with Crippen molar-refractivity contribution in [2.45, 2.75) is 103 Å². The zero-order valence-corrected chi connectivity index (χ0v) is 20.2. The predicted molar refractivity (Wildman–Crippen MR) is 119 cm³/mol. The smallest absolute Gasteiger partial charge is 0.461 e. The van der Waals surface area contributed by atoms with Crippen molar-refractivity contribution >= 4 is 13.8 Å². The topological polar surface area (TPSA) is 91.3 Å². The highest BCUT2D eigenvalue weighted by molar-refractivity contribution is 7.48. The average Bonchev–Trinajstić information content (AvgIpc) is 3.04. The fraction of sp³-hybridized carbons (Fsp3) is 0.870. The molecule has 0 radical (unpaired) electrons. The minimum absolute atomic E-state index is 0.104. The summed E-state index contributed by atoms with van der Waals surface area (Å²) in [4.78, 5) is 11.7. The van der Waals surface area contributed by atoms with E-state index in [4.69, 9.17) is 18.3 Å². The number of rotatable bonds is 16. The SMILES string of the molecule is CCC[C@@H](O)CCCCCCCCCCCCO[P@@]1(=O)OC[C@H]2COC(=O)C2=C(C)O1. The summed E-state index contributed by atoms with van der Waals surface area (Å²) in [6, 6.07) is 0. The first-order chi connectivity index (χ1) is 14.9. The molecule has 2 rings (SSSR count). The van der Waals surface area contributed by atoms with Gasteiger partial charge in [-0.2, -0.15) is 0 Å². The zero-order valence-electron chi connectivity index (χ0n) is 19.3. The van der Waals surface area contributed by atoms with Crippen LogP contribution in [-0.2, 0) is 27.7 Å². The van der Waals surface area contributed by atoms with Crippen LogP contribution in [-0.4, -0.2) is 37.0 Å². The number of carbonyl (C=O) groups excluding carboxylic acids is 1. The van der Waals surface area contributed by atoms with E-state index >= 15 is 0 Å². The Balaban J connectivity index is 1.44. The molecule has 2 aliphatic rings. The third-order valence-electron chi connectivity index (χ3n) is 5.91. The van der Waals surface area contributed by atoms with Crippen LogP contribution >= 0.6 is 7.82 Å². The fourth-order valence-electron chi connectivity index (χ4n) is 4.10. The number of aliphatic hydroxyl groups is 1. The van der Waals surface area contributed by atoms with E-state index in [1.165, 1.54) is 38.5 Å². The molecule has 2 heterocycles. The Morgan fingerprint density at radius 3 is 2.26 bits per heavy atom. The number of phosphoric acid groups is 1. The predicted octanol–water partition coefficient (Wildman–Crippen LogP) is 6.06. The molecule has 0 unspecified atom stereocenters. The van der Waals surface area contributed by atoms with Crippen molar-refractivity contribution < 1.29 is 32.8 Å². The van der Waals surface area contributed by atoms with Gasteiger partial charge in [-0.25, -0.2) is 9.36 Å². The molecule has 1 fully saturated rings. The van der Waals surface area contributed by atoms with Crippen molar-refractivity contribution in [1.29, 1.82) is 0 Å². The van der Waals surface area contributed by atoms with Crippen molar-refractivity contribution in [1.82, 2.24) is 0 Å². The Hall–Kier alpha value is -0.880. The molecule has 0 bridgehead atoms. The summed E-state index contributed by atoms with van der Waals surface area (Å²) in [6.45, 7) is 4.38. The number of esters is 1. The summed E-state index contributed by atoms with van der Waals surface area (Å²) in [7, 11) is -3.67. The molecule has 0 aromatic carbocycles. The summed E-state index contributed by atoms with van der Waals surface area (Å²) < 4.78 is 33.9. The highest BCUT2D eigenvalue weighted by atomic mass is 31.2. The second-order valence-corrected chi connectivity index (χ2v) is 10.3. The maximum atomic E-state index is 12.7. The highest BCUT2D eigenvalue weighted by Gasteiger charge is 2.42. The van der Waals surface area contributed by atoms with Gasteiger partial charge in [-0.05, 0) is 26.2 Å². The van der Waals surface area contributed by atoms with Crippen molar-refractivity contribution in [2.24, 2.45) is 5.92 Å². The van der Waals surface area contributed by atoms with Gasteiger partial charge in [0.25, 0.3) is 0 Å². The largest absolute Gasteiger partial charge is 0.529 e. The van der Waals surface area contributed by atoms with Gasteiger partial charge in [-0.15, -0.1) is 0 Å². The number of hydrogen-bond donors (Lipinski definition) is 1. The minimum Gasteiger partial charge on any atom is -0.461 e. The van der Waals surface area contributed by atoms with Crippen molar-refractivity contribution in [3.8, 4) is 0 Å². The molecule has 0 aromatic heterocycles. The Morgan fingerprint density at radius 2 is 1.61 bits per heavy atom. The van der Waals surface area contributed by atoms with Gasteiger partial charge in [0.05, 0.1) is 30.8 Å². The molecular weight excluding hydrogens is 419 g/mol. The van der Waals surface area contributed by atoms with Crippen molar-refractivity contribution in [3.05, 3.63) is 11.3 Å². The standard InChI is InChI=1S/C23H41O7P/c1-3-14-21(24)15-12-10-8-6-4-5-7-9-11-13-16-28-31(26)29-18-20-17-27-23(25)22(20)19(2)30-31/h20-21,24H,3-18H2,1-2H3/t20-,21-,31+/m1/s1. The van der Waals surface area contributed by atoms with E-state index < -0.39 is 13.8 Å². The molecule has 0 aromatic rings. The molecule has 0 saturated carbocycles. The van der Waals surface area contributed by atoms with Gasteiger partial charge in [0.1, 0.15) is 12.4 Å². The van der Waals surface area contributed by atoms with E-state index in [2.05, 4.69) is 6.92 Å². The van der Waals surface area contributed by atoms with Gasteiger partial charge in [0, 0.05) is 0 Å². The van der Waals surface area contributed by atoms with Crippen LogP contribution in [0, 0.1) is 5.92 Å². The van der Waals surface area contributed by atoms with Gasteiger partial charge < -0.3 is 14.4 Å². The van der Waals surface area contributed by atoms with Crippen LogP contribution < -0.4 is 0 Å². The average molecular weight is 461 g/mol. The summed E-state index contributed by atoms with van der Waals surface area (Å²) in [5.41, 5.74) is 0.412. The van der Waals surface area contributed by atoms with E-state index in [1.54, 1.807) is 6.92 Å². The Kier molecular flexibility index (Phi) is 12.2. The number of fused-ring (bicyclic) bond motifs is 1. The molecule has 0 aliphatic carbocycles. The fourth-order valence-corrected chi connectivity index (χ4v) is 5.43. The third kappa shape index (κ3) is 9.65. The van der Waals surface area contributed by atoms with Gasteiger partial charge in [0.2, 0.25) is 0 Å². The maximum Gasteiger partial charge on any atom is 0.529 e. The lowest BCUT2D eigenvalue weighted by Crippen LogP contribution is -2.10. The van der Waals surface area contributed by atoms with E-state index in [-0.39, 0.29) is 31.0 Å². The molecule has 7 nitrogen and oxygen atoms in total. The molecule has 0 spiro atoms. The van der Waals surface area contributed by atoms with Crippen LogP contribution in [0.5, 0.6) is 0 Å². The molecule has 3 atom stereocenters. The normalized spacial score (nSPS) is 24.5. The minimum atomic E-state index is -3.67. The lowest BCUT2D eigenvalue weighted by molar-refractivity contribution is -0.135. The molecule has 2 aliphatic heterocycles. The molecule has 1 saturated heterocycles. The highest BCUT2D eigenvalue weighted by Crippen LogP contribution is 2.54. The second-order valence-electron chi connectivity index (χ2n) is 8.70. The summed E-state index contributed by atoms with van der Waals surface area (Å²) in [5, 5.41) is 9.71. The Bertz CT molecular complexity index is 619. The molecule has 8 heteroatoms. The molecule has 1 N–H and O–H groups in total. The zero-order chi connectivity index (χ0) is 22.5. The first-order valence-corrected chi connectivity index (χ1v) is 13.6. The van der Waals surface area contributed by atoms with Crippen molar-refractivity contribution in [3.63, 3.8) is 0 Å². The quantitative estimate of drug-likeness (QED) is 0.170. The number of hydrogen-bond acceptors (Lipinski definition) is 7. The number of unbranched alkanes of at least 4 members (excludes halogenated alkanes) is 9. The number of carbonyl (C=O) groups is 1. The number of aliphatic hydroxyl groups excluding tert-OH is 1. The van der Waals surface area contributed by atoms with Gasteiger partial charge in [0.15, 0.2) is 0 Å². The monoisotopic (exact) mass is 460 g/mol. The van der Waals surface area contributed by atoms with Crippen LogP contribution in [0.25, 0.3) is 0 Å². The summed E-state index contributed by atoms with van der Waals surface area (Å²) in [6.07, 6.45) is 14.4. The Morgan fingerprint density at radius 1 is 1.00 bits per heavy atom. The van der Waals surface area contributed by atoms with E-state index in [0.717, 1.165) is 44.9 Å². The number of phosphoric ester groups is 1. The van der Waals surface area contributed by atoms with Crippen LogP contribution in [0.1, 0.15) is 97.3 Å². The summed E-state index contributed by atoms with van der Waals surface area (Å²) >= 11 is 0. The third-order valence-corrected chi connectivity index (χ3v) is 7.37. The van der Waals surface area contributed by atoms with Crippen LogP contribution in [0.4, 0.5) is 0 Å². The van der Waals surface area contributed by atoms with E-state index in [9.17, 15) is 14.5 Å². The molecular formula is C23H41O7P. The lowest BCUT2D eigenvalue weighted by atomic mass is 10.0. The number of allylic oxidation sites excluding steroid dienone is 1. The number of ether oxygens (including phenoxy) is 1.